The van der Waals surface area contributed by atoms with Crippen LogP contribution < -0.4 is 0 Å². The third-order valence-corrected chi connectivity index (χ3v) is 8.26. The summed E-state index contributed by atoms with van der Waals surface area (Å²) in [5, 5.41) is 0. The molecule has 0 aliphatic heterocycles. The molecule has 0 fully saturated rings. The average Bonchev–Trinajstić information content (AvgIpc) is 2.95. The van der Waals surface area contributed by atoms with Crippen molar-refractivity contribution in [2.45, 2.75) is 148 Å². The maximum Gasteiger partial charge on any atom is 0.472 e. The molecule has 0 aliphatic carbocycles. The Labute approximate surface area is 269 Å². The predicted octanol–water partition coefficient (Wildman–Crippen LogP) is 8.68. The summed E-state index contributed by atoms with van der Waals surface area (Å²) < 4.78 is 34.0. The van der Waals surface area contributed by atoms with Crippen LogP contribution in [0.5, 0.6) is 0 Å². The standard InChI is InChI=1S/C34H66NO8P/c1-6-8-10-12-14-16-18-20-22-24-26-33(36)40-30-32(31-42-44(38,39)41-29-28-35(3,4)5)43-34(37)27-25-23-21-19-17-15-13-11-9-7-2/h11,13,32H,6-10,12,14-31H2,1-5H3/p+1/b13-11+/t32-/m0/s1. The van der Waals surface area contributed by atoms with Crippen molar-refractivity contribution in [1.29, 1.82) is 0 Å². The van der Waals surface area contributed by atoms with Gasteiger partial charge in [-0.15, -0.1) is 0 Å². The second kappa shape index (κ2) is 28.0. The number of allylic oxidation sites excluding steroid dienone is 2. The number of carbonyl (C=O) groups is 2. The van der Waals surface area contributed by atoms with Crippen LogP contribution in [0.4, 0.5) is 0 Å². The van der Waals surface area contributed by atoms with Crippen LogP contribution in [0.15, 0.2) is 12.2 Å². The van der Waals surface area contributed by atoms with Gasteiger partial charge in [0, 0.05) is 12.8 Å². The number of phosphoric acid groups is 1. The summed E-state index contributed by atoms with van der Waals surface area (Å²) in [5.74, 6) is -0.813. The molecule has 0 saturated heterocycles. The summed E-state index contributed by atoms with van der Waals surface area (Å²) in [6.07, 6.45) is 24.1. The lowest BCUT2D eigenvalue weighted by molar-refractivity contribution is -0.870. The molecule has 0 spiro atoms. The van der Waals surface area contributed by atoms with Gasteiger partial charge in [-0.1, -0.05) is 109 Å². The van der Waals surface area contributed by atoms with Gasteiger partial charge < -0.3 is 18.9 Å². The first kappa shape index (κ1) is 42.8. The third-order valence-electron chi connectivity index (χ3n) is 7.28. The smallest absolute Gasteiger partial charge is 0.462 e. The van der Waals surface area contributed by atoms with Crippen LogP contribution in [-0.4, -0.2) is 74.9 Å². The van der Waals surface area contributed by atoms with Crippen molar-refractivity contribution >= 4 is 19.8 Å². The van der Waals surface area contributed by atoms with Crippen molar-refractivity contribution in [3.8, 4) is 0 Å². The fraction of sp³-hybridized carbons (Fsp3) is 0.882. The number of hydrogen-bond acceptors (Lipinski definition) is 7. The Kier molecular flexibility index (Phi) is 27.2. The number of esters is 2. The topological polar surface area (TPSA) is 108 Å². The highest BCUT2D eigenvalue weighted by Crippen LogP contribution is 2.43. The quantitative estimate of drug-likeness (QED) is 0.0262. The van der Waals surface area contributed by atoms with E-state index in [1.54, 1.807) is 0 Å². The van der Waals surface area contributed by atoms with E-state index < -0.39 is 26.5 Å². The number of likely N-dealkylation sites (N-methyl/N-ethyl adjacent to an activating group) is 1. The number of nitrogens with zero attached hydrogens (tertiary/aromatic N) is 1. The molecule has 10 heteroatoms. The summed E-state index contributed by atoms with van der Waals surface area (Å²) in [7, 11) is 1.47. The predicted molar refractivity (Wildman–Crippen MR) is 178 cm³/mol. The van der Waals surface area contributed by atoms with Crippen LogP contribution in [0.1, 0.15) is 142 Å². The first-order valence-corrected chi connectivity index (χ1v) is 18.9. The zero-order valence-electron chi connectivity index (χ0n) is 28.9. The molecule has 0 heterocycles. The van der Waals surface area contributed by atoms with E-state index in [1.165, 1.54) is 51.4 Å². The maximum absolute atomic E-state index is 12.5. The number of unbranched alkanes of at least 4 members (excludes halogenated alkanes) is 15. The van der Waals surface area contributed by atoms with Gasteiger partial charge in [0.2, 0.25) is 0 Å². The average molecular weight is 649 g/mol. The van der Waals surface area contributed by atoms with Crippen LogP contribution in [0.2, 0.25) is 0 Å². The van der Waals surface area contributed by atoms with Gasteiger partial charge in [-0.2, -0.15) is 0 Å². The minimum atomic E-state index is -4.36. The van der Waals surface area contributed by atoms with Crippen LogP contribution in [0.25, 0.3) is 0 Å². The lowest BCUT2D eigenvalue weighted by Gasteiger charge is -2.24. The van der Waals surface area contributed by atoms with Gasteiger partial charge in [0.1, 0.15) is 19.8 Å². The molecular weight excluding hydrogens is 581 g/mol. The van der Waals surface area contributed by atoms with E-state index in [-0.39, 0.29) is 25.6 Å². The Balaban J connectivity index is 4.50. The number of ether oxygens (including phenoxy) is 2. The van der Waals surface area contributed by atoms with Crippen LogP contribution in [-0.2, 0) is 32.7 Å². The second-order valence-electron chi connectivity index (χ2n) is 12.9. The highest BCUT2D eigenvalue weighted by atomic mass is 31.2. The molecule has 2 atom stereocenters. The summed E-state index contributed by atoms with van der Waals surface area (Å²) >= 11 is 0. The Hall–Kier alpha value is -1.25. The number of phosphoric ester groups is 1. The van der Waals surface area contributed by atoms with Crippen molar-refractivity contribution < 1.29 is 42.1 Å². The summed E-state index contributed by atoms with van der Waals surface area (Å²) in [6, 6.07) is 0. The molecule has 0 bridgehead atoms. The van der Waals surface area contributed by atoms with E-state index >= 15 is 0 Å². The number of carbonyl (C=O) groups excluding carboxylic acids is 2. The molecule has 0 aliphatic rings. The molecule has 1 unspecified atom stereocenters. The maximum atomic E-state index is 12.5. The largest absolute Gasteiger partial charge is 0.472 e. The molecule has 9 nitrogen and oxygen atoms in total. The van der Waals surface area contributed by atoms with Crippen molar-refractivity contribution in [3.63, 3.8) is 0 Å². The molecule has 0 rings (SSSR count). The van der Waals surface area contributed by atoms with E-state index in [2.05, 4.69) is 26.0 Å². The zero-order valence-corrected chi connectivity index (χ0v) is 29.8. The molecule has 0 amide bonds. The molecule has 0 radical (unpaired) electrons. The first-order valence-electron chi connectivity index (χ1n) is 17.4. The van der Waals surface area contributed by atoms with Gasteiger partial charge in [0.25, 0.3) is 0 Å². The first-order chi connectivity index (χ1) is 21.0. The molecule has 0 saturated carbocycles. The highest BCUT2D eigenvalue weighted by molar-refractivity contribution is 7.47. The van der Waals surface area contributed by atoms with E-state index in [1.807, 2.05) is 21.1 Å². The molecule has 260 valence electrons. The summed E-state index contributed by atoms with van der Waals surface area (Å²) in [4.78, 5) is 34.9. The third kappa shape index (κ3) is 30.8. The monoisotopic (exact) mass is 648 g/mol. The number of hydrogen-bond donors (Lipinski definition) is 1. The molecule has 0 aromatic heterocycles. The van der Waals surface area contributed by atoms with Gasteiger partial charge in [-0.25, -0.2) is 4.57 Å². The Morgan fingerprint density at radius 3 is 1.77 bits per heavy atom. The lowest BCUT2D eigenvalue weighted by atomic mass is 10.1. The SMILES string of the molecule is CCC/C=C/CCCCCCCC(=O)O[C@@H](COC(=O)CCCCCCCCCCCC)COP(=O)(O)OCC[N+](C)(C)C. The van der Waals surface area contributed by atoms with Crippen molar-refractivity contribution in [2.24, 2.45) is 0 Å². The fourth-order valence-electron chi connectivity index (χ4n) is 4.48. The Morgan fingerprint density at radius 2 is 1.20 bits per heavy atom. The van der Waals surface area contributed by atoms with Gasteiger partial charge in [0.05, 0.1) is 27.7 Å². The van der Waals surface area contributed by atoms with Gasteiger partial charge in [-0.05, 0) is 32.1 Å². The van der Waals surface area contributed by atoms with Gasteiger partial charge >= 0.3 is 19.8 Å². The minimum absolute atomic E-state index is 0.0323. The second-order valence-corrected chi connectivity index (χ2v) is 14.4. The van der Waals surface area contributed by atoms with Crippen LogP contribution in [0.3, 0.4) is 0 Å². The number of rotatable bonds is 31. The highest BCUT2D eigenvalue weighted by Gasteiger charge is 2.27. The molecule has 1 N–H and O–H groups in total. The molecule has 44 heavy (non-hydrogen) atoms. The summed E-state index contributed by atoms with van der Waals surface area (Å²) in [5.41, 5.74) is 0. The number of quaternary nitrogens is 1. The Morgan fingerprint density at radius 1 is 0.682 bits per heavy atom. The minimum Gasteiger partial charge on any atom is -0.462 e. The van der Waals surface area contributed by atoms with E-state index in [4.69, 9.17) is 18.5 Å². The van der Waals surface area contributed by atoms with Gasteiger partial charge in [0.15, 0.2) is 6.10 Å². The van der Waals surface area contributed by atoms with Crippen LogP contribution >= 0.6 is 7.82 Å². The van der Waals surface area contributed by atoms with Gasteiger partial charge in [-0.3, -0.25) is 18.6 Å². The van der Waals surface area contributed by atoms with Crippen LogP contribution in [0, 0.1) is 0 Å². The lowest BCUT2D eigenvalue weighted by Crippen LogP contribution is -2.37. The zero-order chi connectivity index (χ0) is 32.9. The molecular formula is C34H67NO8P+. The van der Waals surface area contributed by atoms with Crippen molar-refractivity contribution in [3.05, 3.63) is 12.2 Å². The summed E-state index contributed by atoms with van der Waals surface area (Å²) in [6.45, 7) is 4.31. The van der Waals surface area contributed by atoms with E-state index in [0.29, 0.717) is 23.9 Å². The van der Waals surface area contributed by atoms with Crippen molar-refractivity contribution in [2.75, 3.05) is 47.5 Å². The normalized spacial score (nSPS) is 14.0. The van der Waals surface area contributed by atoms with E-state index in [9.17, 15) is 19.0 Å². The van der Waals surface area contributed by atoms with E-state index in [0.717, 1.165) is 57.8 Å². The van der Waals surface area contributed by atoms with Crippen molar-refractivity contribution in [1.82, 2.24) is 0 Å². The molecule has 0 aromatic carbocycles. The fourth-order valence-corrected chi connectivity index (χ4v) is 5.23. The molecule has 0 aromatic rings. The Bertz CT molecular complexity index is 784.